The average Bonchev–Trinajstić information content (AvgIpc) is 2.48. The smallest absolute Gasteiger partial charge is 0.122 e. The molecular formula is C16H16BrClINO. The SMILES string of the molecule is CNC(Cc1cc(Br)ccc1OC)c1ccc(I)c(Cl)c1. The van der Waals surface area contributed by atoms with Gasteiger partial charge in [0.1, 0.15) is 5.75 Å². The van der Waals surface area contributed by atoms with Gasteiger partial charge in [-0.15, -0.1) is 0 Å². The second-order valence-corrected chi connectivity index (χ2v) is 7.16. The first-order valence-corrected chi connectivity index (χ1v) is 8.74. The van der Waals surface area contributed by atoms with Crippen molar-refractivity contribution in [3.05, 3.63) is 60.6 Å². The zero-order valence-electron chi connectivity index (χ0n) is 11.8. The highest BCUT2D eigenvalue weighted by Crippen LogP contribution is 2.29. The maximum Gasteiger partial charge on any atom is 0.122 e. The second-order valence-electron chi connectivity index (χ2n) is 4.68. The van der Waals surface area contributed by atoms with E-state index in [1.807, 2.05) is 31.3 Å². The quantitative estimate of drug-likeness (QED) is 0.593. The summed E-state index contributed by atoms with van der Waals surface area (Å²) in [6.45, 7) is 0. The molecule has 1 atom stereocenters. The van der Waals surface area contributed by atoms with Crippen molar-refractivity contribution in [3.8, 4) is 5.75 Å². The molecule has 0 bridgehead atoms. The minimum absolute atomic E-state index is 0.183. The van der Waals surface area contributed by atoms with E-state index in [4.69, 9.17) is 16.3 Å². The summed E-state index contributed by atoms with van der Waals surface area (Å²) in [5.41, 5.74) is 2.32. The van der Waals surface area contributed by atoms with E-state index < -0.39 is 0 Å². The van der Waals surface area contributed by atoms with Crippen LogP contribution in [0.4, 0.5) is 0 Å². The number of nitrogens with one attached hydrogen (secondary N) is 1. The number of likely N-dealkylation sites (N-methyl/N-ethyl adjacent to an activating group) is 1. The van der Waals surface area contributed by atoms with Crippen molar-refractivity contribution >= 4 is 50.1 Å². The van der Waals surface area contributed by atoms with Crippen molar-refractivity contribution in [1.82, 2.24) is 5.32 Å². The van der Waals surface area contributed by atoms with Gasteiger partial charge in [0.05, 0.1) is 12.1 Å². The Morgan fingerprint density at radius 3 is 2.67 bits per heavy atom. The molecule has 0 aliphatic heterocycles. The van der Waals surface area contributed by atoms with Crippen molar-refractivity contribution < 1.29 is 4.74 Å². The van der Waals surface area contributed by atoms with E-state index in [0.29, 0.717) is 0 Å². The highest BCUT2D eigenvalue weighted by Gasteiger charge is 2.14. The van der Waals surface area contributed by atoms with Gasteiger partial charge in [-0.1, -0.05) is 33.6 Å². The number of ether oxygens (including phenoxy) is 1. The lowest BCUT2D eigenvalue weighted by Gasteiger charge is -2.19. The predicted molar refractivity (Wildman–Crippen MR) is 100 cm³/mol. The zero-order valence-corrected chi connectivity index (χ0v) is 16.3. The van der Waals surface area contributed by atoms with Crippen LogP contribution >= 0.6 is 50.1 Å². The van der Waals surface area contributed by atoms with Crippen LogP contribution in [0.2, 0.25) is 5.02 Å². The molecule has 1 unspecified atom stereocenters. The summed E-state index contributed by atoms with van der Waals surface area (Å²) in [7, 11) is 3.66. The first-order chi connectivity index (χ1) is 10.0. The van der Waals surface area contributed by atoms with Gasteiger partial charge in [-0.25, -0.2) is 0 Å². The van der Waals surface area contributed by atoms with Crippen molar-refractivity contribution in [2.45, 2.75) is 12.5 Å². The minimum atomic E-state index is 0.183. The lowest BCUT2D eigenvalue weighted by molar-refractivity contribution is 0.406. The van der Waals surface area contributed by atoms with E-state index in [1.54, 1.807) is 7.11 Å². The highest BCUT2D eigenvalue weighted by molar-refractivity contribution is 14.1. The topological polar surface area (TPSA) is 21.3 Å². The molecule has 2 rings (SSSR count). The average molecular weight is 481 g/mol. The van der Waals surface area contributed by atoms with Crippen LogP contribution in [0.5, 0.6) is 5.75 Å². The van der Waals surface area contributed by atoms with Gasteiger partial charge in [0.25, 0.3) is 0 Å². The molecule has 0 saturated heterocycles. The Kier molecular flexibility index (Phi) is 6.34. The minimum Gasteiger partial charge on any atom is -0.496 e. The number of methoxy groups -OCH3 is 1. The van der Waals surface area contributed by atoms with E-state index in [-0.39, 0.29) is 6.04 Å². The molecule has 0 fully saturated rings. The molecule has 0 aliphatic carbocycles. The lowest BCUT2D eigenvalue weighted by atomic mass is 9.98. The van der Waals surface area contributed by atoms with Crippen LogP contribution in [-0.4, -0.2) is 14.2 Å². The van der Waals surface area contributed by atoms with Crippen molar-refractivity contribution in [1.29, 1.82) is 0 Å². The van der Waals surface area contributed by atoms with Gasteiger partial charge < -0.3 is 10.1 Å². The van der Waals surface area contributed by atoms with Crippen LogP contribution in [0.25, 0.3) is 0 Å². The molecule has 1 N–H and O–H groups in total. The Hall–Kier alpha value is -0.300. The summed E-state index contributed by atoms with van der Waals surface area (Å²) < 4.78 is 7.56. The van der Waals surface area contributed by atoms with E-state index in [2.05, 4.69) is 56.0 Å². The summed E-state index contributed by atoms with van der Waals surface area (Å²) in [5, 5.41) is 4.14. The van der Waals surface area contributed by atoms with Crippen LogP contribution in [-0.2, 0) is 6.42 Å². The van der Waals surface area contributed by atoms with Gasteiger partial charge in [-0.2, -0.15) is 0 Å². The molecule has 5 heteroatoms. The predicted octanol–water partition coefficient (Wildman–Crippen LogP) is 5.22. The molecule has 0 spiro atoms. The van der Waals surface area contributed by atoms with Gasteiger partial charge in [-0.05, 0) is 77.5 Å². The van der Waals surface area contributed by atoms with Crippen molar-refractivity contribution in [2.75, 3.05) is 14.2 Å². The molecule has 2 nitrogen and oxygen atoms in total. The first kappa shape index (κ1) is 17.1. The number of hydrogen-bond acceptors (Lipinski definition) is 2. The normalized spacial score (nSPS) is 12.2. The first-order valence-electron chi connectivity index (χ1n) is 6.49. The van der Waals surface area contributed by atoms with Gasteiger partial charge in [0.2, 0.25) is 0 Å². The van der Waals surface area contributed by atoms with E-state index in [0.717, 1.165) is 30.8 Å². The largest absolute Gasteiger partial charge is 0.496 e. The van der Waals surface area contributed by atoms with Crippen molar-refractivity contribution in [3.63, 3.8) is 0 Å². The summed E-state index contributed by atoms with van der Waals surface area (Å²) in [6, 6.07) is 12.4. The summed E-state index contributed by atoms with van der Waals surface area (Å²) >= 11 is 12.0. The van der Waals surface area contributed by atoms with Gasteiger partial charge in [0.15, 0.2) is 0 Å². The van der Waals surface area contributed by atoms with Crippen molar-refractivity contribution in [2.24, 2.45) is 0 Å². The fourth-order valence-electron chi connectivity index (χ4n) is 2.24. The Bertz CT molecular complexity index is 636. The van der Waals surface area contributed by atoms with Crippen LogP contribution in [0.3, 0.4) is 0 Å². The van der Waals surface area contributed by atoms with Gasteiger partial charge in [0, 0.05) is 14.1 Å². The number of benzene rings is 2. The fraction of sp³-hybridized carbons (Fsp3) is 0.250. The van der Waals surface area contributed by atoms with E-state index in [1.165, 1.54) is 5.56 Å². The Morgan fingerprint density at radius 2 is 2.05 bits per heavy atom. The fourth-order valence-corrected chi connectivity index (χ4v) is 3.18. The van der Waals surface area contributed by atoms with Crippen LogP contribution in [0.15, 0.2) is 40.9 Å². The molecule has 0 aromatic heterocycles. The molecule has 0 amide bonds. The summed E-state index contributed by atoms with van der Waals surface area (Å²) in [4.78, 5) is 0. The maximum atomic E-state index is 6.23. The monoisotopic (exact) mass is 479 g/mol. The Morgan fingerprint density at radius 1 is 1.29 bits per heavy atom. The third-order valence-electron chi connectivity index (χ3n) is 3.36. The third-order valence-corrected chi connectivity index (χ3v) is 5.43. The molecule has 0 aliphatic rings. The number of rotatable bonds is 5. The molecule has 0 heterocycles. The molecule has 112 valence electrons. The Labute approximate surface area is 152 Å². The van der Waals surface area contributed by atoms with E-state index >= 15 is 0 Å². The van der Waals surface area contributed by atoms with Crippen LogP contribution < -0.4 is 10.1 Å². The molecule has 2 aromatic carbocycles. The second kappa shape index (κ2) is 7.81. The number of halogens is 3. The van der Waals surface area contributed by atoms with Crippen LogP contribution in [0.1, 0.15) is 17.2 Å². The maximum absolute atomic E-state index is 6.23. The Balaban J connectivity index is 2.30. The van der Waals surface area contributed by atoms with Crippen LogP contribution in [0, 0.1) is 3.57 Å². The van der Waals surface area contributed by atoms with Gasteiger partial charge in [-0.3, -0.25) is 0 Å². The molecule has 0 radical (unpaired) electrons. The number of hydrogen-bond donors (Lipinski definition) is 1. The zero-order chi connectivity index (χ0) is 15.4. The standard InChI is InChI=1S/C16H16BrClINO/c1-20-15(10-3-5-14(19)13(18)8-10)9-11-7-12(17)4-6-16(11)21-2/h3-8,15,20H,9H2,1-2H3. The summed E-state index contributed by atoms with van der Waals surface area (Å²) in [5.74, 6) is 0.898. The van der Waals surface area contributed by atoms with E-state index in [9.17, 15) is 0 Å². The molecule has 21 heavy (non-hydrogen) atoms. The molecular weight excluding hydrogens is 464 g/mol. The lowest BCUT2D eigenvalue weighted by Crippen LogP contribution is -2.19. The molecule has 2 aromatic rings. The third kappa shape index (κ3) is 4.34. The highest BCUT2D eigenvalue weighted by atomic mass is 127. The van der Waals surface area contributed by atoms with Gasteiger partial charge >= 0.3 is 0 Å². The molecule has 0 saturated carbocycles. The summed E-state index contributed by atoms with van der Waals surface area (Å²) in [6.07, 6.45) is 0.829.